The van der Waals surface area contributed by atoms with Crippen molar-refractivity contribution in [3.63, 3.8) is 0 Å². The van der Waals surface area contributed by atoms with Gasteiger partial charge in [0, 0.05) is 6.04 Å². The van der Waals surface area contributed by atoms with Gasteiger partial charge < -0.3 is 11.1 Å². The zero-order chi connectivity index (χ0) is 13.3. The van der Waals surface area contributed by atoms with E-state index < -0.39 is 0 Å². The van der Waals surface area contributed by atoms with E-state index in [1.54, 1.807) is 0 Å². The number of aromatic nitrogens is 2. The number of nitrogens with zero attached hydrogens (tertiary/aromatic N) is 2. The SMILES string of the molecule is Cc1nc(Cl)nc(NC2CCCC(C)C2C)c1N. The van der Waals surface area contributed by atoms with E-state index in [-0.39, 0.29) is 5.28 Å². The molecule has 3 atom stereocenters. The number of nitrogens with two attached hydrogens (primary N) is 1. The molecule has 0 radical (unpaired) electrons. The Bertz CT molecular complexity index is 435. The summed E-state index contributed by atoms with van der Waals surface area (Å²) in [5.74, 6) is 2.03. The van der Waals surface area contributed by atoms with Crippen LogP contribution in [0, 0.1) is 18.8 Å². The van der Waals surface area contributed by atoms with Crippen LogP contribution in [0.25, 0.3) is 0 Å². The van der Waals surface area contributed by atoms with Gasteiger partial charge in [-0.05, 0) is 36.8 Å². The first-order valence-electron chi connectivity index (χ1n) is 6.55. The molecule has 4 nitrogen and oxygen atoms in total. The van der Waals surface area contributed by atoms with E-state index in [2.05, 4.69) is 29.1 Å². The summed E-state index contributed by atoms with van der Waals surface area (Å²) in [6, 6.07) is 0.418. The molecule has 5 heteroatoms. The normalized spacial score (nSPS) is 28.1. The molecule has 0 spiro atoms. The molecule has 0 amide bonds. The molecule has 0 bridgehead atoms. The summed E-state index contributed by atoms with van der Waals surface area (Å²) in [4.78, 5) is 8.26. The largest absolute Gasteiger partial charge is 0.394 e. The third-order valence-electron chi connectivity index (χ3n) is 4.14. The molecule has 1 aliphatic carbocycles. The van der Waals surface area contributed by atoms with E-state index in [4.69, 9.17) is 17.3 Å². The average Bonchev–Trinajstić information content (AvgIpc) is 2.31. The van der Waals surface area contributed by atoms with E-state index in [1.807, 2.05) is 6.92 Å². The Morgan fingerprint density at radius 3 is 2.72 bits per heavy atom. The Balaban J connectivity index is 2.18. The lowest BCUT2D eigenvalue weighted by atomic mass is 9.78. The van der Waals surface area contributed by atoms with Crippen LogP contribution in [0.5, 0.6) is 0 Å². The van der Waals surface area contributed by atoms with Crippen LogP contribution in [0.4, 0.5) is 11.5 Å². The summed E-state index contributed by atoms with van der Waals surface area (Å²) >= 11 is 5.89. The first-order chi connectivity index (χ1) is 8.49. The second-order valence-corrected chi connectivity index (χ2v) is 5.70. The minimum Gasteiger partial charge on any atom is -0.394 e. The molecule has 1 fully saturated rings. The van der Waals surface area contributed by atoms with Crippen LogP contribution in [0.2, 0.25) is 5.28 Å². The third-order valence-corrected chi connectivity index (χ3v) is 4.31. The van der Waals surface area contributed by atoms with Crippen LogP contribution in [0.15, 0.2) is 0 Å². The van der Waals surface area contributed by atoms with Crippen molar-refractivity contribution in [3.05, 3.63) is 11.0 Å². The van der Waals surface area contributed by atoms with Gasteiger partial charge in [-0.3, -0.25) is 0 Å². The summed E-state index contributed by atoms with van der Waals surface area (Å²) < 4.78 is 0. The fraction of sp³-hybridized carbons (Fsp3) is 0.692. The highest BCUT2D eigenvalue weighted by Gasteiger charge is 2.27. The lowest BCUT2D eigenvalue weighted by molar-refractivity contribution is 0.253. The Morgan fingerprint density at radius 1 is 1.28 bits per heavy atom. The Kier molecular flexibility index (Phi) is 3.95. The fourth-order valence-electron chi connectivity index (χ4n) is 2.62. The van der Waals surface area contributed by atoms with Gasteiger partial charge in [0.15, 0.2) is 5.82 Å². The summed E-state index contributed by atoms with van der Waals surface area (Å²) in [5, 5.41) is 3.70. The smallest absolute Gasteiger partial charge is 0.224 e. The number of hydrogen-bond acceptors (Lipinski definition) is 4. The van der Waals surface area contributed by atoms with Crippen LogP contribution in [0.1, 0.15) is 38.8 Å². The molecule has 18 heavy (non-hydrogen) atoms. The molecule has 1 aliphatic rings. The molecule has 3 N–H and O–H groups in total. The van der Waals surface area contributed by atoms with E-state index >= 15 is 0 Å². The quantitative estimate of drug-likeness (QED) is 0.808. The number of aryl methyl sites for hydroxylation is 1. The molecule has 0 aromatic carbocycles. The van der Waals surface area contributed by atoms with Crippen molar-refractivity contribution in [2.45, 2.75) is 46.1 Å². The van der Waals surface area contributed by atoms with Crippen LogP contribution in [-0.2, 0) is 0 Å². The van der Waals surface area contributed by atoms with Gasteiger partial charge in [-0.25, -0.2) is 4.98 Å². The molecule has 1 aromatic heterocycles. The Hall–Kier alpha value is -1.03. The number of rotatable bonds is 2. The average molecular weight is 269 g/mol. The molecule has 1 heterocycles. The van der Waals surface area contributed by atoms with Crippen molar-refractivity contribution in [1.82, 2.24) is 9.97 Å². The van der Waals surface area contributed by atoms with Crippen LogP contribution >= 0.6 is 11.6 Å². The maximum Gasteiger partial charge on any atom is 0.224 e. The second kappa shape index (κ2) is 5.31. The van der Waals surface area contributed by atoms with E-state index in [0.29, 0.717) is 23.5 Å². The lowest BCUT2D eigenvalue weighted by Crippen LogP contribution is -2.35. The zero-order valence-corrected chi connectivity index (χ0v) is 12.0. The Morgan fingerprint density at radius 2 is 2.00 bits per heavy atom. The highest BCUT2D eigenvalue weighted by Crippen LogP contribution is 2.32. The minimum atomic E-state index is 0.251. The zero-order valence-electron chi connectivity index (χ0n) is 11.2. The van der Waals surface area contributed by atoms with Gasteiger partial charge in [-0.15, -0.1) is 0 Å². The van der Waals surface area contributed by atoms with Crippen LogP contribution in [-0.4, -0.2) is 16.0 Å². The first-order valence-corrected chi connectivity index (χ1v) is 6.93. The maximum absolute atomic E-state index is 6.00. The molecule has 3 unspecified atom stereocenters. The van der Waals surface area contributed by atoms with Gasteiger partial charge in [0.25, 0.3) is 0 Å². The third kappa shape index (κ3) is 2.69. The predicted molar refractivity (Wildman–Crippen MR) is 75.8 cm³/mol. The molecule has 0 saturated heterocycles. The van der Waals surface area contributed by atoms with Crippen molar-refractivity contribution < 1.29 is 0 Å². The van der Waals surface area contributed by atoms with Crippen molar-refractivity contribution in [3.8, 4) is 0 Å². The molecule has 0 aliphatic heterocycles. The van der Waals surface area contributed by atoms with Gasteiger partial charge in [-0.2, -0.15) is 4.98 Å². The first kappa shape index (κ1) is 13.4. The number of hydrogen-bond donors (Lipinski definition) is 2. The molecular formula is C13H21ClN4. The summed E-state index contributed by atoms with van der Waals surface area (Å²) in [7, 11) is 0. The number of anilines is 2. The standard InChI is InChI=1S/C13H21ClN4/c1-7-5-4-6-10(8(7)2)17-12-11(15)9(3)16-13(14)18-12/h7-8,10H,4-6,15H2,1-3H3,(H,16,17,18). The van der Waals surface area contributed by atoms with E-state index in [0.717, 1.165) is 18.0 Å². The minimum absolute atomic E-state index is 0.251. The molecular weight excluding hydrogens is 248 g/mol. The van der Waals surface area contributed by atoms with E-state index in [1.165, 1.54) is 12.8 Å². The number of nitrogens with one attached hydrogen (secondary N) is 1. The summed E-state index contributed by atoms with van der Waals surface area (Å²) in [6.45, 7) is 6.44. The van der Waals surface area contributed by atoms with Crippen molar-refractivity contribution in [2.24, 2.45) is 11.8 Å². The van der Waals surface area contributed by atoms with Gasteiger partial charge in [0.1, 0.15) is 0 Å². The van der Waals surface area contributed by atoms with E-state index in [9.17, 15) is 0 Å². The topological polar surface area (TPSA) is 63.8 Å². The molecule has 100 valence electrons. The maximum atomic E-state index is 6.00. The second-order valence-electron chi connectivity index (χ2n) is 5.36. The van der Waals surface area contributed by atoms with Crippen LogP contribution < -0.4 is 11.1 Å². The van der Waals surface area contributed by atoms with Crippen molar-refractivity contribution in [2.75, 3.05) is 11.1 Å². The lowest BCUT2D eigenvalue weighted by Gasteiger charge is -2.35. The highest BCUT2D eigenvalue weighted by atomic mass is 35.5. The van der Waals surface area contributed by atoms with Gasteiger partial charge in [0.05, 0.1) is 11.4 Å². The van der Waals surface area contributed by atoms with Crippen LogP contribution in [0.3, 0.4) is 0 Å². The summed E-state index contributed by atoms with van der Waals surface area (Å²) in [5.41, 5.74) is 7.33. The van der Waals surface area contributed by atoms with Gasteiger partial charge in [0.2, 0.25) is 5.28 Å². The highest BCUT2D eigenvalue weighted by molar-refractivity contribution is 6.28. The van der Waals surface area contributed by atoms with Gasteiger partial charge in [-0.1, -0.05) is 26.7 Å². The van der Waals surface area contributed by atoms with Gasteiger partial charge >= 0.3 is 0 Å². The predicted octanol–water partition coefficient (Wildman–Crippen LogP) is 3.26. The summed E-state index contributed by atoms with van der Waals surface area (Å²) in [6.07, 6.45) is 3.71. The van der Waals surface area contributed by atoms with Crippen molar-refractivity contribution >= 4 is 23.1 Å². The molecule has 2 rings (SSSR count). The molecule has 1 saturated carbocycles. The Labute approximate surface area is 113 Å². The van der Waals surface area contributed by atoms with Crippen molar-refractivity contribution in [1.29, 1.82) is 0 Å². The monoisotopic (exact) mass is 268 g/mol. The molecule has 1 aromatic rings. The fourth-order valence-corrected chi connectivity index (χ4v) is 2.83. The number of halogens is 1. The number of nitrogen functional groups attached to an aromatic ring is 1.